The molecular formula is C16H35N3. The molecule has 1 saturated heterocycles. The number of piperidine rings is 1. The van der Waals surface area contributed by atoms with Crippen molar-refractivity contribution in [3.8, 4) is 0 Å². The van der Waals surface area contributed by atoms with E-state index in [1.54, 1.807) is 0 Å². The van der Waals surface area contributed by atoms with Gasteiger partial charge in [0.2, 0.25) is 0 Å². The second-order valence-corrected chi connectivity index (χ2v) is 6.32. The minimum Gasteiger partial charge on any atom is -0.315 e. The topological polar surface area (TPSA) is 18.5 Å². The van der Waals surface area contributed by atoms with Crippen molar-refractivity contribution < 1.29 is 0 Å². The number of likely N-dealkylation sites (tertiary alicyclic amines) is 1. The summed E-state index contributed by atoms with van der Waals surface area (Å²) in [5, 5.41) is 3.57. The molecule has 0 aromatic carbocycles. The fourth-order valence-corrected chi connectivity index (χ4v) is 2.85. The van der Waals surface area contributed by atoms with Crippen molar-refractivity contribution in [1.82, 2.24) is 15.1 Å². The third-order valence-corrected chi connectivity index (χ3v) is 4.29. The van der Waals surface area contributed by atoms with E-state index < -0.39 is 0 Å². The number of nitrogens with zero attached hydrogens (tertiary/aromatic N) is 2. The number of likely N-dealkylation sites (N-methyl/N-ethyl adjacent to an activating group) is 1. The van der Waals surface area contributed by atoms with Gasteiger partial charge in [-0.05, 0) is 58.9 Å². The molecule has 0 unspecified atom stereocenters. The third-order valence-electron chi connectivity index (χ3n) is 4.29. The zero-order chi connectivity index (χ0) is 13.9. The quantitative estimate of drug-likeness (QED) is 0.615. The van der Waals surface area contributed by atoms with Gasteiger partial charge in [0.25, 0.3) is 0 Å². The molecular weight excluding hydrogens is 234 g/mol. The van der Waals surface area contributed by atoms with Crippen LogP contribution in [0.3, 0.4) is 0 Å². The van der Waals surface area contributed by atoms with Crippen molar-refractivity contribution in [3.63, 3.8) is 0 Å². The van der Waals surface area contributed by atoms with Crippen LogP contribution in [-0.2, 0) is 0 Å². The van der Waals surface area contributed by atoms with Gasteiger partial charge >= 0.3 is 0 Å². The minimum atomic E-state index is 0.922. The standard InChI is InChI=1S/C16H35N3/c1-4-5-6-7-10-17-11-14-19(3)15-16-8-12-18(2)13-9-16/h16-17H,4-15H2,1-3H3. The van der Waals surface area contributed by atoms with E-state index in [-0.39, 0.29) is 0 Å². The fourth-order valence-electron chi connectivity index (χ4n) is 2.85. The first-order valence-corrected chi connectivity index (χ1v) is 8.30. The van der Waals surface area contributed by atoms with E-state index in [4.69, 9.17) is 0 Å². The molecule has 1 aliphatic heterocycles. The molecule has 0 aromatic rings. The molecule has 1 rings (SSSR count). The van der Waals surface area contributed by atoms with Gasteiger partial charge in [0, 0.05) is 19.6 Å². The highest BCUT2D eigenvalue weighted by atomic mass is 15.1. The van der Waals surface area contributed by atoms with E-state index in [1.807, 2.05) is 0 Å². The predicted molar refractivity (Wildman–Crippen MR) is 84.7 cm³/mol. The number of hydrogen-bond donors (Lipinski definition) is 1. The SMILES string of the molecule is CCCCCCNCCN(C)CC1CCN(C)CC1. The van der Waals surface area contributed by atoms with Crippen LogP contribution < -0.4 is 5.32 Å². The summed E-state index contributed by atoms with van der Waals surface area (Å²) >= 11 is 0. The second-order valence-electron chi connectivity index (χ2n) is 6.32. The summed E-state index contributed by atoms with van der Waals surface area (Å²) in [6.07, 6.45) is 8.20. The van der Waals surface area contributed by atoms with Crippen LogP contribution in [0.1, 0.15) is 45.4 Å². The summed E-state index contributed by atoms with van der Waals surface area (Å²) < 4.78 is 0. The van der Waals surface area contributed by atoms with Gasteiger partial charge in [0.15, 0.2) is 0 Å². The molecule has 19 heavy (non-hydrogen) atoms. The molecule has 0 spiro atoms. The van der Waals surface area contributed by atoms with Crippen molar-refractivity contribution in [2.75, 3.05) is 53.4 Å². The van der Waals surface area contributed by atoms with E-state index >= 15 is 0 Å². The number of hydrogen-bond acceptors (Lipinski definition) is 3. The Morgan fingerprint density at radius 2 is 1.84 bits per heavy atom. The Bertz CT molecular complexity index is 200. The summed E-state index contributed by atoms with van der Waals surface area (Å²) in [5.41, 5.74) is 0. The maximum absolute atomic E-state index is 3.57. The lowest BCUT2D eigenvalue weighted by Crippen LogP contribution is -2.38. The van der Waals surface area contributed by atoms with Crippen LogP contribution in [0.15, 0.2) is 0 Å². The Morgan fingerprint density at radius 1 is 1.11 bits per heavy atom. The first-order valence-electron chi connectivity index (χ1n) is 8.30. The third kappa shape index (κ3) is 8.61. The van der Waals surface area contributed by atoms with Gasteiger partial charge in [-0.1, -0.05) is 26.2 Å². The number of unbranched alkanes of at least 4 members (excludes halogenated alkanes) is 3. The van der Waals surface area contributed by atoms with Crippen molar-refractivity contribution in [3.05, 3.63) is 0 Å². The van der Waals surface area contributed by atoms with Gasteiger partial charge in [0.05, 0.1) is 0 Å². The first kappa shape index (κ1) is 16.9. The van der Waals surface area contributed by atoms with Gasteiger partial charge in [-0.2, -0.15) is 0 Å². The summed E-state index contributed by atoms with van der Waals surface area (Å²) in [5.74, 6) is 0.922. The number of rotatable bonds is 10. The maximum Gasteiger partial charge on any atom is 0.0104 e. The number of nitrogens with one attached hydrogen (secondary N) is 1. The average molecular weight is 269 g/mol. The highest BCUT2D eigenvalue weighted by molar-refractivity contribution is 4.72. The molecule has 0 amide bonds. The van der Waals surface area contributed by atoms with E-state index in [2.05, 4.69) is 36.1 Å². The van der Waals surface area contributed by atoms with Gasteiger partial charge in [0.1, 0.15) is 0 Å². The lowest BCUT2D eigenvalue weighted by Gasteiger charge is -2.31. The van der Waals surface area contributed by atoms with E-state index in [0.29, 0.717) is 0 Å². The largest absolute Gasteiger partial charge is 0.315 e. The van der Waals surface area contributed by atoms with Crippen molar-refractivity contribution in [1.29, 1.82) is 0 Å². The molecule has 1 aliphatic rings. The van der Waals surface area contributed by atoms with Crippen molar-refractivity contribution >= 4 is 0 Å². The maximum atomic E-state index is 3.57. The van der Waals surface area contributed by atoms with Crippen LogP contribution in [0.4, 0.5) is 0 Å². The summed E-state index contributed by atoms with van der Waals surface area (Å²) in [6, 6.07) is 0. The van der Waals surface area contributed by atoms with Gasteiger partial charge < -0.3 is 15.1 Å². The summed E-state index contributed by atoms with van der Waals surface area (Å²) in [7, 11) is 4.51. The van der Waals surface area contributed by atoms with Crippen molar-refractivity contribution in [2.45, 2.75) is 45.4 Å². The molecule has 0 aliphatic carbocycles. The fraction of sp³-hybridized carbons (Fsp3) is 1.00. The van der Waals surface area contributed by atoms with Crippen LogP contribution in [0.25, 0.3) is 0 Å². The van der Waals surface area contributed by atoms with Gasteiger partial charge in [-0.15, -0.1) is 0 Å². The van der Waals surface area contributed by atoms with Crippen LogP contribution >= 0.6 is 0 Å². The predicted octanol–water partition coefficient (Wildman–Crippen LogP) is 2.43. The normalized spacial score (nSPS) is 18.3. The second kappa shape index (κ2) is 10.6. The van der Waals surface area contributed by atoms with Gasteiger partial charge in [-0.3, -0.25) is 0 Å². The average Bonchev–Trinajstić information content (AvgIpc) is 2.40. The van der Waals surface area contributed by atoms with E-state index in [9.17, 15) is 0 Å². The van der Waals surface area contributed by atoms with Crippen LogP contribution in [0.5, 0.6) is 0 Å². The molecule has 0 atom stereocenters. The van der Waals surface area contributed by atoms with Crippen LogP contribution in [0.2, 0.25) is 0 Å². The molecule has 0 radical (unpaired) electrons. The van der Waals surface area contributed by atoms with E-state index in [0.717, 1.165) is 12.5 Å². The molecule has 114 valence electrons. The molecule has 0 aromatic heterocycles. The molecule has 1 N–H and O–H groups in total. The molecule has 3 heteroatoms. The monoisotopic (exact) mass is 269 g/mol. The zero-order valence-corrected chi connectivity index (χ0v) is 13.5. The summed E-state index contributed by atoms with van der Waals surface area (Å²) in [4.78, 5) is 4.96. The Kier molecular flexibility index (Phi) is 9.48. The highest BCUT2D eigenvalue weighted by Crippen LogP contribution is 2.16. The van der Waals surface area contributed by atoms with Crippen LogP contribution in [0, 0.1) is 5.92 Å². The smallest absolute Gasteiger partial charge is 0.0104 e. The van der Waals surface area contributed by atoms with Crippen LogP contribution in [-0.4, -0.2) is 63.2 Å². The Morgan fingerprint density at radius 3 is 2.53 bits per heavy atom. The Balaban J connectivity index is 1.91. The Hall–Kier alpha value is -0.120. The zero-order valence-electron chi connectivity index (χ0n) is 13.5. The lowest BCUT2D eigenvalue weighted by molar-refractivity contribution is 0.176. The van der Waals surface area contributed by atoms with E-state index in [1.165, 1.54) is 71.2 Å². The molecule has 1 heterocycles. The summed E-state index contributed by atoms with van der Waals surface area (Å²) in [6.45, 7) is 9.66. The molecule has 1 fully saturated rings. The van der Waals surface area contributed by atoms with Crippen molar-refractivity contribution in [2.24, 2.45) is 5.92 Å². The van der Waals surface area contributed by atoms with Gasteiger partial charge in [-0.25, -0.2) is 0 Å². The molecule has 0 saturated carbocycles. The molecule has 3 nitrogen and oxygen atoms in total. The molecule has 0 bridgehead atoms. The Labute approximate surface area is 120 Å². The first-order chi connectivity index (χ1) is 9.22. The lowest BCUT2D eigenvalue weighted by atomic mass is 9.97. The minimum absolute atomic E-state index is 0.922. The highest BCUT2D eigenvalue weighted by Gasteiger charge is 2.17.